The van der Waals surface area contributed by atoms with Crippen LogP contribution in [0.1, 0.15) is 25.2 Å². The van der Waals surface area contributed by atoms with Crippen molar-refractivity contribution < 1.29 is 17.9 Å². The van der Waals surface area contributed by atoms with E-state index in [9.17, 15) is 13.2 Å². The Hall–Kier alpha value is -3.34. The molecular weight excluding hydrogens is 357 g/mol. The van der Waals surface area contributed by atoms with Crippen LogP contribution in [0.3, 0.4) is 0 Å². The van der Waals surface area contributed by atoms with Crippen molar-refractivity contribution in [3.8, 4) is 23.2 Å². The number of nitrogens with zero attached hydrogens (tertiary/aromatic N) is 4. The third-order valence-electron chi connectivity index (χ3n) is 4.03. The number of nitriles is 1. The number of para-hydroxylation sites is 1. The predicted molar refractivity (Wildman–Crippen MR) is 91.1 cm³/mol. The van der Waals surface area contributed by atoms with Crippen LogP contribution in [0.4, 0.5) is 13.2 Å². The molecular formula is C19H15F3N4O. The Morgan fingerprint density at radius 3 is 2.30 bits per heavy atom. The zero-order valence-corrected chi connectivity index (χ0v) is 14.8. The summed E-state index contributed by atoms with van der Waals surface area (Å²) in [6.45, 7) is 3.14. The van der Waals surface area contributed by atoms with Crippen molar-refractivity contribution in [2.45, 2.75) is 19.4 Å². The lowest BCUT2D eigenvalue weighted by atomic mass is 10.1. The first-order valence-corrected chi connectivity index (χ1v) is 7.97. The quantitative estimate of drug-likeness (QED) is 0.692. The average Bonchev–Trinajstić information content (AvgIpc) is 3.00. The van der Waals surface area contributed by atoms with Gasteiger partial charge in [-0.05, 0) is 44.2 Å². The second-order valence-electron chi connectivity index (χ2n) is 6.38. The number of aromatic nitrogens is 3. The van der Waals surface area contributed by atoms with E-state index in [0.29, 0.717) is 0 Å². The zero-order chi connectivity index (χ0) is 19.8. The highest BCUT2D eigenvalue weighted by Gasteiger charge is 2.32. The zero-order valence-electron chi connectivity index (χ0n) is 14.8. The average molecular weight is 372 g/mol. The highest BCUT2D eigenvalue weighted by atomic mass is 19.1. The van der Waals surface area contributed by atoms with E-state index in [4.69, 9.17) is 10.00 Å². The standard InChI is InChI=1S/C19H15F3N4O/c1-19(2,27-16-13(20)5-4-6-14(16)21)18-25-24-17(26(18)3)12-8-7-11(10-23)9-15(12)22/h4-9H,1-3H3. The molecule has 0 radical (unpaired) electrons. The van der Waals surface area contributed by atoms with Crippen molar-refractivity contribution >= 4 is 0 Å². The van der Waals surface area contributed by atoms with E-state index in [-0.39, 0.29) is 22.8 Å². The molecule has 0 bridgehead atoms. The third kappa shape index (κ3) is 3.36. The lowest BCUT2D eigenvalue weighted by Gasteiger charge is -2.26. The summed E-state index contributed by atoms with van der Waals surface area (Å²) in [7, 11) is 1.59. The lowest BCUT2D eigenvalue weighted by Crippen LogP contribution is -2.30. The Morgan fingerprint density at radius 2 is 1.70 bits per heavy atom. The summed E-state index contributed by atoms with van der Waals surface area (Å²) < 4.78 is 49.1. The first-order chi connectivity index (χ1) is 12.7. The van der Waals surface area contributed by atoms with Crippen molar-refractivity contribution in [2.24, 2.45) is 7.05 Å². The Kier molecular flexibility index (Phi) is 4.62. The molecule has 0 unspecified atom stereocenters. The number of hydrogen-bond acceptors (Lipinski definition) is 4. The van der Waals surface area contributed by atoms with E-state index in [0.717, 1.165) is 18.2 Å². The van der Waals surface area contributed by atoms with Crippen LogP contribution in [0.15, 0.2) is 36.4 Å². The van der Waals surface area contributed by atoms with Gasteiger partial charge in [-0.3, -0.25) is 0 Å². The lowest BCUT2D eigenvalue weighted by molar-refractivity contribution is 0.0836. The van der Waals surface area contributed by atoms with Gasteiger partial charge in [0, 0.05) is 7.05 Å². The minimum atomic E-state index is -1.26. The van der Waals surface area contributed by atoms with Crippen LogP contribution < -0.4 is 4.74 Å². The second-order valence-corrected chi connectivity index (χ2v) is 6.38. The molecule has 8 heteroatoms. The van der Waals surface area contributed by atoms with Gasteiger partial charge >= 0.3 is 0 Å². The van der Waals surface area contributed by atoms with Crippen molar-refractivity contribution in [3.63, 3.8) is 0 Å². The maximum atomic E-state index is 14.3. The van der Waals surface area contributed by atoms with E-state index in [1.54, 1.807) is 20.9 Å². The molecule has 0 atom stereocenters. The number of rotatable bonds is 4. The largest absolute Gasteiger partial charge is 0.474 e. The summed E-state index contributed by atoms with van der Waals surface area (Å²) in [6.07, 6.45) is 0. The van der Waals surface area contributed by atoms with Gasteiger partial charge in [-0.25, -0.2) is 13.2 Å². The Labute approximate surface area is 153 Å². The minimum Gasteiger partial charge on any atom is -0.474 e. The van der Waals surface area contributed by atoms with Crippen LogP contribution in [0, 0.1) is 28.8 Å². The fourth-order valence-electron chi connectivity index (χ4n) is 2.73. The molecule has 0 fully saturated rings. The van der Waals surface area contributed by atoms with Gasteiger partial charge in [-0.15, -0.1) is 10.2 Å². The summed E-state index contributed by atoms with van der Waals surface area (Å²) in [5.41, 5.74) is -0.938. The van der Waals surface area contributed by atoms with Crippen LogP contribution in [-0.4, -0.2) is 14.8 Å². The molecule has 1 heterocycles. The Bertz CT molecular complexity index is 1030. The van der Waals surface area contributed by atoms with Gasteiger partial charge in [-0.2, -0.15) is 5.26 Å². The molecule has 0 spiro atoms. The van der Waals surface area contributed by atoms with Gasteiger partial charge in [-0.1, -0.05) is 6.07 Å². The molecule has 2 aromatic carbocycles. The minimum absolute atomic E-state index is 0.142. The normalized spacial score (nSPS) is 11.3. The Morgan fingerprint density at radius 1 is 1.04 bits per heavy atom. The van der Waals surface area contributed by atoms with Gasteiger partial charge in [0.1, 0.15) is 5.82 Å². The molecule has 0 saturated carbocycles. The molecule has 27 heavy (non-hydrogen) atoms. The first kappa shape index (κ1) is 18.5. The SMILES string of the molecule is Cn1c(-c2ccc(C#N)cc2F)nnc1C(C)(C)Oc1c(F)cccc1F. The summed E-state index contributed by atoms with van der Waals surface area (Å²) in [6, 6.07) is 9.24. The fraction of sp³-hybridized carbons (Fsp3) is 0.211. The van der Waals surface area contributed by atoms with Crippen molar-refractivity contribution in [1.82, 2.24) is 14.8 Å². The molecule has 0 aliphatic rings. The number of hydrogen-bond donors (Lipinski definition) is 0. The van der Waals surface area contributed by atoms with E-state index in [2.05, 4.69) is 10.2 Å². The topological polar surface area (TPSA) is 63.7 Å². The van der Waals surface area contributed by atoms with Crippen LogP contribution in [-0.2, 0) is 12.6 Å². The maximum Gasteiger partial charge on any atom is 0.192 e. The predicted octanol–water partition coefficient (Wildman–Crippen LogP) is 4.09. The van der Waals surface area contributed by atoms with Crippen molar-refractivity contribution in [3.05, 3.63) is 65.2 Å². The number of ether oxygens (including phenoxy) is 1. The second kappa shape index (κ2) is 6.76. The van der Waals surface area contributed by atoms with Gasteiger partial charge in [0.15, 0.2) is 34.6 Å². The van der Waals surface area contributed by atoms with Crippen LogP contribution in [0.25, 0.3) is 11.4 Å². The summed E-state index contributed by atoms with van der Waals surface area (Å²) in [5, 5.41) is 16.8. The summed E-state index contributed by atoms with van der Waals surface area (Å²) >= 11 is 0. The molecule has 0 aliphatic heterocycles. The van der Waals surface area contributed by atoms with Gasteiger partial charge < -0.3 is 9.30 Å². The van der Waals surface area contributed by atoms with E-state index >= 15 is 0 Å². The van der Waals surface area contributed by atoms with Crippen molar-refractivity contribution in [1.29, 1.82) is 5.26 Å². The van der Waals surface area contributed by atoms with Crippen molar-refractivity contribution in [2.75, 3.05) is 0 Å². The number of halogens is 3. The number of benzene rings is 2. The Balaban J connectivity index is 2.00. The van der Waals surface area contributed by atoms with E-state index < -0.39 is 28.8 Å². The van der Waals surface area contributed by atoms with Gasteiger partial charge in [0.05, 0.1) is 17.2 Å². The molecule has 0 aliphatic carbocycles. The van der Waals surface area contributed by atoms with E-state index in [1.165, 1.54) is 22.8 Å². The molecule has 5 nitrogen and oxygen atoms in total. The van der Waals surface area contributed by atoms with Gasteiger partial charge in [0.25, 0.3) is 0 Å². The molecule has 0 amide bonds. The van der Waals surface area contributed by atoms with E-state index in [1.807, 2.05) is 6.07 Å². The van der Waals surface area contributed by atoms with Crippen LogP contribution >= 0.6 is 0 Å². The molecule has 3 aromatic rings. The fourth-order valence-corrected chi connectivity index (χ4v) is 2.73. The monoisotopic (exact) mass is 372 g/mol. The highest BCUT2D eigenvalue weighted by Crippen LogP contribution is 2.32. The highest BCUT2D eigenvalue weighted by molar-refractivity contribution is 5.58. The van der Waals surface area contributed by atoms with Crippen LogP contribution in [0.2, 0.25) is 0 Å². The third-order valence-corrected chi connectivity index (χ3v) is 4.03. The maximum absolute atomic E-state index is 14.3. The summed E-state index contributed by atoms with van der Waals surface area (Å²) in [5.74, 6) is -2.42. The smallest absolute Gasteiger partial charge is 0.192 e. The molecule has 0 N–H and O–H groups in total. The van der Waals surface area contributed by atoms with Gasteiger partial charge in [0.2, 0.25) is 0 Å². The van der Waals surface area contributed by atoms with Crippen LogP contribution in [0.5, 0.6) is 5.75 Å². The molecule has 1 aromatic heterocycles. The molecule has 3 rings (SSSR count). The molecule has 0 saturated heterocycles. The first-order valence-electron chi connectivity index (χ1n) is 7.97. The molecule has 138 valence electrons. The summed E-state index contributed by atoms with van der Waals surface area (Å²) in [4.78, 5) is 0.